The van der Waals surface area contributed by atoms with Crippen LogP contribution in [0.1, 0.15) is 23.2 Å². The minimum Gasteiger partial charge on any atom is -0.359 e. The van der Waals surface area contributed by atoms with Crippen LogP contribution in [0.3, 0.4) is 0 Å². The van der Waals surface area contributed by atoms with Crippen LogP contribution < -0.4 is 10.2 Å². The second-order valence-corrected chi connectivity index (χ2v) is 10.8. The number of hydrogen-bond donors (Lipinski definition) is 2. The minimum atomic E-state index is 0.264. The third-order valence-corrected chi connectivity index (χ3v) is 8.33. The number of pyridine rings is 2. The van der Waals surface area contributed by atoms with E-state index in [-0.39, 0.29) is 5.57 Å². The van der Waals surface area contributed by atoms with E-state index in [0.29, 0.717) is 17.8 Å². The van der Waals surface area contributed by atoms with Crippen molar-refractivity contribution in [2.45, 2.75) is 29.9 Å². The SMILES string of the molecule is CSc1ccc(CN2C3CC2CN(c2ccc(C4=CC(c5cnn(C)c5)=CN/C4=C(/C#N)C=N)cn2)C3)nc1. The van der Waals surface area contributed by atoms with Crippen LogP contribution in [0.4, 0.5) is 5.82 Å². The Morgan fingerprint density at radius 2 is 2.00 bits per heavy atom. The van der Waals surface area contributed by atoms with Gasteiger partial charge in [0, 0.05) is 96.9 Å². The Labute approximate surface area is 232 Å². The van der Waals surface area contributed by atoms with Crippen LogP contribution in [0, 0.1) is 16.7 Å². The van der Waals surface area contributed by atoms with Gasteiger partial charge in [0.2, 0.25) is 0 Å². The number of nitriles is 1. The van der Waals surface area contributed by atoms with E-state index in [4.69, 9.17) is 10.4 Å². The zero-order valence-electron chi connectivity index (χ0n) is 21.9. The van der Waals surface area contributed by atoms with E-state index < -0.39 is 0 Å². The fraction of sp³-hybridized carbons (Fsp3) is 0.276. The van der Waals surface area contributed by atoms with Crippen LogP contribution in [-0.4, -0.2) is 62.3 Å². The molecule has 2 N–H and O–H groups in total. The van der Waals surface area contributed by atoms with E-state index in [1.807, 2.05) is 37.9 Å². The van der Waals surface area contributed by atoms with Gasteiger partial charge in [-0.2, -0.15) is 10.4 Å². The molecule has 0 aromatic carbocycles. The van der Waals surface area contributed by atoms with Gasteiger partial charge < -0.3 is 15.6 Å². The smallest absolute Gasteiger partial charge is 0.128 e. The first-order chi connectivity index (χ1) is 19.1. The Hall–Kier alpha value is -4.20. The molecule has 10 heteroatoms. The molecule has 3 aromatic rings. The number of dihydropyridines is 1. The lowest BCUT2D eigenvalue weighted by Gasteiger charge is -2.56. The van der Waals surface area contributed by atoms with E-state index in [1.54, 1.807) is 22.6 Å². The first kappa shape index (κ1) is 25.1. The average molecular weight is 536 g/mol. The lowest BCUT2D eigenvalue weighted by molar-refractivity contribution is -0.00969. The summed E-state index contributed by atoms with van der Waals surface area (Å²) in [6.45, 7) is 2.78. The van der Waals surface area contributed by atoms with E-state index in [9.17, 15) is 5.26 Å². The van der Waals surface area contributed by atoms with Gasteiger partial charge in [-0.15, -0.1) is 11.8 Å². The van der Waals surface area contributed by atoms with Crippen LogP contribution in [0.15, 0.2) is 77.5 Å². The topological polar surface area (TPSA) is 110 Å². The number of fused-ring (bicyclic) bond motifs is 2. The molecule has 4 aliphatic heterocycles. The van der Waals surface area contributed by atoms with Crippen molar-refractivity contribution in [2.75, 3.05) is 24.2 Å². The first-order valence-electron chi connectivity index (χ1n) is 12.8. The Kier molecular flexibility index (Phi) is 6.77. The number of nitrogens with zero attached hydrogens (tertiary/aromatic N) is 7. The zero-order valence-corrected chi connectivity index (χ0v) is 22.7. The molecule has 7 heterocycles. The Morgan fingerprint density at radius 3 is 2.62 bits per heavy atom. The lowest BCUT2D eigenvalue weighted by Crippen LogP contribution is -2.68. The van der Waals surface area contributed by atoms with Crippen LogP contribution >= 0.6 is 11.8 Å². The molecule has 2 bridgehead atoms. The monoisotopic (exact) mass is 535 g/mol. The van der Waals surface area contributed by atoms with Crippen molar-refractivity contribution < 1.29 is 0 Å². The molecule has 0 amide bonds. The minimum absolute atomic E-state index is 0.264. The van der Waals surface area contributed by atoms with Gasteiger partial charge in [0.15, 0.2) is 0 Å². The molecule has 2 atom stereocenters. The number of piperazine rings is 1. The molecule has 0 spiro atoms. The summed E-state index contributed by atoms with van der Waals surface area (Å²) < 4.78 is 1.76. The summed E-state index contributed by atoms with van der Waals surface area (Å²) in [4.78, 5) is 15.6. The second-order valence-electron chi connectivity index (χ2n) is 9.96. The normalized spacial score (nSPS) is 21.7. The van der Waals surface area contributed by atoms with Crippen molar-refractivity contribution in [3.63, 3.8) is 0 Å². The lowest BCUT2D eigenvalue weighted by atomic mass is 9.87. The van der Waals surface area contributed by atoms with Crippen molar-refractivity contribution in [1.82, 2.24) is 30.0 Å². The van der Waals surface area contributed by atoms with Crippen molar-refractivity contribution in [3.05, 3.63) is 89.4 Å². The van der Waals surface area contributed by atoms with Crippen molar-refractivity contribution in [1.29, 1.82) is 10.7 Å². The number of allylic oxidation sites excluding steroid dienone is 4. The van der Waals surface area contributed by atoms with Gasteiger partial charge in [-0.1, -0.05) is 0 Å². The van der Waals surface area contributed by atoms with Gasteiger partial charge in [-0.3, -0.25) is 14.6 Å². The van der Waals surface area contributed by atoms with Crippen molar-refractivity contribution in [3.8, 4) is 6.07 Å². The number of nitrogens with one attached hydrogen (secondary N) is 2. The molecule has 0 radical (unpaired) electrons. The molecule has 196 valence electrons. The predicted molar refractivity (Wildman–Crippen MR) is 154 cm³/mol. The van der Waals surface area contributed by atoms with Crippen molar-refractivity contribution in [2.24, 2.45) is 7.05 Å². The molecule has 3 saturated heterocycles. The molecule has 0 saturated carbocycles. The Bertz CT molecular complexity index is 1510. The molecule has 0 aliphatic carbocycles. The van der Waals surface area contributed by atoms with Crippen LogP contribution in [0.25, 0.3) is 11.1 Å². The van der Waals surface area contributed by atoms with Gasteiger partial charge in [-0.05, 0) is 43.0 Å². The fourth-order valence-corrected chi connectivity index (χ4v) is 5.88. The second kappa shape index (κ2) is 10.5. The van der Waals surface area contributed by atoms with Crippen LogP contribution in [-0.2, 0) is 13.6 Å². The molecule has 3 aromatic heterocycles. The zero-order chi connectivity index (χ0) is 26.9. The van der Waals surface area contributed by atoms with E-state index >= 15 is 0 Å². The summed E-state index contributed by atoms with van der Waals surface area (Å²) in [7, 11) is 1.88. The summed E-state index contributed by atoms with van der Waals surface area (Å²) in [6, 6.07) is 11.5. The Morgan fingerprint density at radius 1 is 1.15 bits per heavy atom. The van der Waals surface area contributed by atoms with E-state index in [0.717, 1.165) is 59.6 Å². The van der Waals surface area contributed by atoms with Gasteiger partial charge in [-0.25, -0.2) is 4.98 Å². The summed E-state index contributed by atoms with van der Waals surface area (Å²) in [5.41, 5.74) is 5.60. The van der Waals surface area contributed by atoms with Gasteiger partial charge in [0.05, 0.1) is 23.2 Å². The quantitative estimate of drug-likeness (QED) is 0.267. The molecule has 2 unspecified atom stereocenters. The summed E-state index contributed by atoms with van der Waals surface area (Å²) in [6.07, 6.45) is 15.8. The maximum atomic E-state index is 9.62. The molecule has 39 heavy (non-hydrogen) atoms. The largest absolute Gasteiger partial charge is 0.359 e. The van der Waals surface area contributed by atoms with E-state index in [1.165, 1.54) is 11.3 Å². The maximum Gasteiger partial charge on any atom is 0.128 e. The third kappa shape index (κ3) is 4.87. The third-order valence-electron chi connectivity index (χ3n) is 7.62. The first-order valence-corrected chi connectivity index (χ1v) is 14.1. The molecule has 4 aliphatic rings. The number of anilines is 1. The summed E-state index contributed by atoms with van der Waals surface area (Å²) in [5.74, 6) is 0.959. The highest BCUT2D eigenvalue weighted by Crippen LogP contribution is 2.36. The summed E-state index contributed by atoms with van der Waals surface area (Å²) >= 11 is 1.71. The molecule has 9 nitrogen and oxygen atoms in total. The number of aryl methyl sites for hydroxylation is 1. The number of thioether (sulfide) groups is 1. The average Bonchev–Trinajstić information content (AvgIpc) is 3.43. The Balaban J connectivity index is 1.19. The number of rotatable bonds is 7. The molecule has 7 rings (SSSR count). The van der Waals surface area contributed by atoms with Gasteiger partial charge in [0.25, 0.3) is 0 Å². The number of hydrogen-bond acceptors (Lipinski definition) is 9. The molecular formula is C29H29N9S. The molecular weight excluding hydrogens is 506 g/mol. The van der Waals surface area contributed by atoms with Crippen LogP contribution in [0.2, 0.25) is 0 Å². The summed E-state index contributed by atoms with van der Waals surface area (Å²) in [5, 5.41) is 24.9. The number of aromatic nitrogens is 4. The standard InChI is InChI=1S/C29H29N9S/c1-36-15-22(13-35-36)20-7-27(29(34-12-20)21(9-30)10-31)19-3-6-28(33-11-19)37-17-24-8-25(18-37)38(24)16-23-4-5-26(39-2)14-32-23/h3-7,9,11-15,24-25,30,34H,8,16-18H2,1-2H3/b29-21+,30-9?. The highest BCUT2D eigenvalue weighted by atomic mass is 32.2. The van der Waals surface area contributed by atoms with Crippen molar-refractivity contribution >= 4 is 34.9 Å². The highest BCUT2D eigenvalue weighted by Gasteiger charge is 2.44. The van der Waals surface area contributed by atoms with Gasteiger partial charge in [0.1, 0.15) is 11.9 Å². The maximum absolute atomic E-state index is 9.62. The fourth-order valence-electron chi connectivity index (χ4n) is 5.52. The van der Waals surface area contributed by atoms with Gasteiger partial charge >= 0.3 is 0 Å². The van der Waals surface area contributed by atoms with E-state index in [2.05, 4.69) is 61.8 Å². The molecule has 3 fully saturated rings. The highest BCUT2D eigenvalue weighted by molar-refractivity contribution is 7.98. The predicted octanol–water partition coefficient (Wildman–Crippen LogP) is 3.85. The number of piperidine rings is 1. The van der Waals surface area contributed by atoms with Crippen LogP contribution in [0.5, 0.6) is 0 Å².